The van der Waals surface area contributed by atoms with Gasteiger partial charge in [0.2, 0.25) is 10.0 Å². The molecule has 0 aromatic heterocycles. The number of sulfonamides is 1. The highest BCUT2D eigenvalue weighted by molar-refractivity contribution is 7.88. The highest BCUT2D eigenvalue weighted by Gasteiger charge is 2.32. The smallest absolute Gasteiger partial charge is 0.326 e. The summed E-state index contributed by atoms with van der Waals surface area (Å²) in [5.41, 5.74) is 4.92. The minimum atomic E-state index is -4.48. The van der Waals surface area contributed by atoms with E-state index in [1.807, 2.05) is 0 Å². The maximum Gasteiger partial charge on any atom is 0.416 e. The lowest BCUT2D eigenvalue weighted by Gasteiger charge is -2.16. The molecule has 1 aromatic rings. The Balaban J connectivity index is 2.17. The monoisotopic (exact) mass is 308 g/mol. The van der Waals surface area contributed by atoms with Crippen molar-refractivity contribution in [3.05, 3.63) is 35.4 Å². The van der Waals surface area contributed by atoms with Crippen LogP contribution < -0.4 is 5.73 Å². The Bertz CT molecular complexity index is 587. The topological polar surface area (TPSA) is 63.4 Å². The summed E-state index contributed by atoms with van der Waals surface area (Å²) in [4.78, 5) is 0. The van der Waals surface area contributed by atoms with E-state index < -0.39 is 27.5 Å². The third-order valence-electron chi connectivity index (χ3n) is 3.18. The standard InChI is InChI=1S/C12H15F3N2O2S/c13-12(14,15)10-3-1-2-9(6-10)8-20(18,19)17-5-4-11(16)7-17/h1-3,6,11H,4-5,7-8,16H2/t11-/m1/s1. The van der Waals surface area contributed by atoms with E-state index in [2.05, 4.69) is 0 Å². The van der Waals surface area contributed by atoms with Gasteiger partial charge in [-0.25, -0.2) is 12.7 Å². The van der Waals surface area contributed by atoms with E-state index in [0.29, 0.717) is 13.0 Å². The number of halogens is 3. The predicted molar refractivity (Wildman–Crippen MR) is 68.2 cm³/mol. The average molecular weight is 308 g/mol. The van der Waals surface area contributed by atoms with Gasteiger partial charge in [0, 0.05) is 19.1 Å². The zero-order valence-corrected chi connectivity index (χ0v) is 11.4. The molecule has 0 amide bonds. The van der Waals surface area contributed by atoms with Crippen LogP contribution in [-0.4, -0.2) is 31.9 Å². The first-order valence-electron chi connectivity index (χ1n) is 6.08. The van der Waals surface area contributed by atoms with Crippen LogP contribution in [0.2, 0.25) is 0 Å². The van der Waals surface area contributed by atoms with E-state index in [0.717, 1.165) is 12.1 Å². The van der Waals surface area contributed by atoms with Crippen LogP contribution in [-0.2, 0) is 22.0 Å². The van der Waals surface area contributed by atoms with Crippen molar-refractivity contribution in [1.29, 1.82) is 0 Å². The van der Waals surface area contributed by atoms with Crippen LogP contribution in [0.25, 0.3) is 0 Å². The van der Waals surface area contributed by atoms with E-state index in [9.17, 15) is 21.6 Å². The second kappa shape index (κ2) is 5.34. The molecule has 0 aliphatic carbocycles. The molecule has 2 rings (SSSR count). The number of hydrogen-bond donors (Lipinski definition) is 1. The molecule has 1 aliphatic heterocycles. The number of hydrogen-bond acceptors (Lipinski definition) is 3. The van der Waals surface area contributed by atoms with Gasteiger partial charge in [-0.15, -0.1) is 0 Å². The molecule has 0 unspecified atom stereocenters. The second-order valence-electron chi connectivity index (χ2n) is 4.86. The average Bonchev–Trinajstić information content (AvgIpc) is 2.75. The van der Waals surface area contributed by atoms with E-state index in [-0.39, 0.29) is 18.2 Å². The Morgan fingerprint density at radius 1 is 1.35 bits per heavy atom. The lowest BCUT2D eigenvalue weighted by molar-refractivity contribution is -0.137. The highest BCUT2D eigenvalue weighted by atomic mass is 32.2. The quantitative estimate of drug-likeness (QED) is 0.922. The SMILES string of the molecule is N[C@@H]1CCN(S(=O)(=O)Cc2cccc(C(F)(F)F)c2)C1. The summed E-state index contributed by atoms with van der Waals surface area (Å²) < 4.78 is 63.2. The third-order valence-corrected chi connectivity index (χ3v) is 5.00. The van der Waals surface area contributed by atoms with Gasteiger partial charge < -0.3 is 5.73 Å². The van der Waals surface area contributed by atoms with Crippen molar-refractivity contribution < 1.29 is 21.6 Å². The van der Waals surface area contributed by atoms with Crippen molar-refractivity contribution in [2.45, 2.75) is 24.4 Å². The van der Waals surface area contributed by atoms with Crippen LogP contribution in [0, 0.1) is 0 Å². The fourth-order valence-electron chi connectivity index (χ4n) is 2.15. The molecule has 1 aliphatic rings. The van der Waals surface area contributed by atoms with E-state index in [1.165, 1.54) is 16.4 Å². The van der Waals surface area contributed by atoms with E-state index in [4.69, 9.17) is 5.73 Å². The van der Waals surface area contributed by atoms with Crippen LogP contribution in [0.4, 0.5) is 13.2 Å². The van der Waals surface area contributed by atoms with Crippen LogP contribution in [0.1, 0.15) is 17.5 Å². The molecule has 4 nitrogen and oxygen atoms in total. The van der Waals surface area contributed by atoms with Gasteiger partial charge in [0.25, 0.3) is 0 Å². The minimum absolute atomic E-state index is 0.125. The third kappa shape index (κ3) is 3.50. The Hall–Kier alpha value is -1.12. The molecule has 8 heteroatoms. The van der Waals surface area contributed by atoms with Gasteiger partial charge in [-0.1, -0.05) is 18.2 Å². The van der Waals surface area contributed by atoms with Crippen molar-refractivity contribution in [3.8, 4) is 0 Å². The molecule has 1 saturated heterocycles. The van der Waals surface area contributed by atoms with Gasteiger partial charge in [0.15, 0.2) is 0 Å². The Morgan fingerprint density at radius 3 is 2.60 bits per heavy atom. The Labute approximate surface area is 115 Å². The summed E-state index contributed by atoms with van der Waals surface area (Å²) >= 11 is 0. The van der Waals surface area contributed by atoms with Gasteiger partial charge in [-0.3, -0.25) is 0 Å². The zero-order chi connectivity index (χ0) is 15.0. The van der Waals surface area contributed by atoms with E-state index in [1.54, 1.807) is 0 Å². The molecule has 1 heterocycles. The largest absolute Gasteiger partial charge is 0.416 e. The molecule has 1 atom stereocenters. The lowest BCUT2D eigenvalue weighted by atomic mass is 10.1. The molecule has 112 valence electrons. The van der Waals surface area contributed by atoms with E-state index >= 15 is 0 Å². The van der Waals surface area contributed by atoms with Crippen molar-refractivity contribution >= 4 is 10.0 Å². The predicted octanol–water partition coefficient (Wildman–Crippen LogP) is 1.57. The molecular weight excluding hydrogens is 293 g/mol. The molecule has 1 fully saturated rings. The molecule has 20 heavy (non-hydrogen) atoms. The normalized spacial score (nSPS) is 21.3. The summed E-state index contributed by atoms with van der Waals surface area (Å²) in [5.74, 6) is -0.441. The van der Waals surface area contributed by atoms with Crippen LogP contribution in [0.15, 0.2) is 24.3 Å². The fraction of sp³-hybridized carbons (Fsp3) is 0.500. The number of nitrogens with two attached hydrogens (primary N) is 1. The summed E-state index contributed by atoms with van der Waals surface area (Å²) in [6, 6.07) is 4.17. The first kappa shape index (κ1) is 15.3. The summed E-state index contributed by atoms with van der Waals surface area (Å²) in [7, 11) is -3.62. The van der Waals surface area contributed by atoms with Crippen molar-refractivity contribution in [2.24, 2.45) is 5.73 Å². The maximum absolute atomic E-state index is 12.6. The van der Waals surface area contributed by atoms with Gasteiger partial charge in [0.1, 0.15) is 0 Å². The molecule has 2 N–H and O–H groups in total. The number of rotatable bonds is 3. The number of alkyl halides is 3. The lowest BCUT2D eigenvalue weighted by Crippen LogP contribution is -2.32. The summed E-state index contributed by atoms with van der Waals surface area (Å²) in [6.45, 7) is 0.545. The van der Waals surface area contributed by atoms with Crippen LogP contribution in [0.3, 0.4) is 0 Å². The molecular formula is C12H15F3N2O2S. The Kier molecular flexibility index (Phi) is 4.08. The van der Waals surface area contributed by atoms with Gasteiger partial charge in [0.05, 0.1) is 11.3 Å². The van der Waals surface area contributed by atoms with Crippen molar-refractivity contribution in [3.63, 3.8) is 0 Å². The number of nitrogens with zero attached hydrogens (tertiary/aromatic N) is 1. The molecule has 0 saturated carbocycles. The highest BCUT2D eigenvalue weighted by Crippen LogP contribution is 2.30. The van der Waals surface area contributed by atoms with Crippen molar-refractivity contribution in [1.82, 2.24) is 4.31 Å². The molecule has 1 aromatic carbocycles. The minimum Gasteiger partial charge on any atom is -0.326 e. The first-order valence-corrected chi connectivity index (χ1v) is 7.69. The summed E-state index contributed by atoms with van der Waals surface area (Å²) in [6.07, 6.45) is -3.91. The van der Waals surface area contributed by atoms with Gasteiger partial charge >= 0.3 is 6.18 Å². The second-order valence-corrected chi connectivity index (χ2v) is 6.83. The van der Waals surface area contributed by atoms with Crippen LogP contribution in [0.5, 0.6) is 0 Å². The maximum atomic E-state index is 12.6. The van der Waals surface area contributed by atoms with Crippen LogP contribution >= 0.6 is 0 Å². The van der Waals surface area contributed by atoms with Gasteiger partial charge in [-0.2, -0.15) is 13.2 Å². The van der Waals surface area contributed by atoms with Gasteiger partial charge in [-0.05, 0) is 18.1 Å². The molecule has 0 spiro atoms. The zero-order valence-electron chi connectivity index (χ0n) is 10.6. The molecule has 0 radical (unpaired) electrons. The fourth-order valence-corrected chi connectivity index (χ4v) is 3.73. The summed E-state index contributed by atoms with van der Waals surface area (Å²) in [5, 5.41) is 0. The molecule has 0 bridgehead atoms. The van der Waals surface area contributed by atoms with Crippen molar-refractivity contribution in [2.75, 3.05) is 13.1 Å². The first-order chi connectivity index (χ1) is 9.18. The number of benzene rings is 1. The Morgan fingerprint density at radius 2 is 2.05 bits per heavy atom.